The monoisotopic (exact) mass is 454 g/mol. The van der Waals surface area contributed by atoms with Gasteiger partial charge in [-0.05, 0) is 42.3 Å². The Balaban J connectivity index is 1.23. The van der Waals surface area contributed by atoms with Crippen LogP contribution in [0, 0.1) is 0 Å². The van der Waals surface area contributed by atoms with Crippen molar-refractivity contribution in [2.75, 3.05) is 6.54 Å². The van der Waals surface area contributed by atoms with Gasteiger partial charge in [0.1, 0.15) is 0 Å². The molecule has 0 unspecified atom stereocenters. The molecule has 2 aromatic heterocycles. The predicted molar refractivity (Wildman–Crippen MR) is 121 cm³/mol. The number of rotatable bonds is 8. The number of hydrogen-bond donors (Lipinski definition) is 1. The largest absolute Gasteiger partial charge is 0.441 e. The van der Waals surface area contributed by atoms with Crippen LogP contribution >= 0.6 is 23.2 Å². The summed E-state index contributed by atoms with van der Waals surface area (Å²) in [6, 6.07) is 15.1. The Morgan fingerprint density at radius 2 is 1.90 bits per heavy atom. The summed E-state index contributed by atoms with van der Waals surface area (Å²) in [5.41, 5.74) is 2.77. The van der Waals surface area contributed by atoms with Crippen molar-refractivity contribution in [1.29, 1.82) is 0 Å². The number of halogens is 2. The Morgan fingerprint density at radius 1 is 1.06 bits per heavy atom. The highest BCUT2D eigenvalue weighted by Crippen LogP contribution is 2.30. The zero-order chi connectivity index (χ0) is 21.6. The number of para-hydroxylation sites is 1. The smallest absolute Gasteiger partial charge is 0.220 e. The number of aryl methyl sites for hydroxylation is 1. The number of carbonyl (C=O) groups excluding carboxylic acids is 1. The minimum atomic E-state index is -0.0558. The number of amides is 1. The lowest BCUT2D eigenvalue weighted by Gasteiger charge is -2.03. The first kappa shape index (κ1) is 21.2. The molecule has 158 valence electrons. The maximum atomic E-state index is 12.2. The van der Waals surface area contributed by atoms with Crippen molar-refractivity contribution in [1.82, 2.24) is 20.1 Å². The van der Waals surface area contributed by atoms with Gasteiger partial charge in [0.2, 0.25) is 5.91 Å². The number of carbonyl (C=O) groups is 1. The van der Waals surface area contributed by atoms with Crippen molar-refractivity contribution in [3.05, 3.63) is 88.6 Å². The van der Waals surface area contributed by atoms with Gasteiger partial charge in [-0.1, -0.05) is 41.4 Å². The van der Waals surface area contributed by atoms with Gasteiger partial charge in [-0.15, -0.1) is 0 Å². The van der Waals surface area contributed by atoms with E-state index in [0.717, 1.165) is 11.3 Å². The second-order valence-corrected chi connectivity index (χ2v) is 7.81. The maximum Gasteiger partial charge on any atom is 0.220 e. The summed E-state index contributed by atoms with van der Waals surface area (Å²) in [4.78, 5) is 16.4. The van der Waals surface area contributed by atoms with E-state index in [2.05, 4.69) is 15.4 Å². The minimum Gasteiger partial charge on any atom is -0.441 e. The molecule has 0 fully saturated rings. The number of oxazole rings is 1. The summed E-state index contributed by atoms with van der Waals surface area (Å²) < 4.78 is 7.55. The Kier molecular flexibility index (Phi) is 6.70. The second-order valence-electron chi connectivity index (χ2n) is 6.97. The zero-order valence-electron chi connectivity index (χ0n) is 16.6. The van der Waals surface area contributed by atoms with Crippen LogP contribution in [-0.2, 0) is 17.6 Å². The highest BCUT2D eigenvalue weighted by Gasteiger charge is 2.12. The highest BCUT2D eigenvalue weighted by molar-refractivity contribution is 6.36. The molecule has 1 N–H and O–H groups in total. The molecule has 0 atom stereocenters. The number of aromatic nitrogens is 3. The third-order valence-electron chi connectivity index (χ3n) is 4.71. The van der Waals surface area contributed by atoms with Crippen molar-refractivity contribution in [2.24, 2.45) is 0 Å². The lowest BCUT2D eigenvalue weighted by atomic mass is 10.2. The molecule has 2 aromatic carbocycles. The van der Waals surface area contributed by atoms with Gasteiger partial charge in [0.05, 0.1) is 23.1 Å². The third-order valence-corrected chi connectivity index (χ3v) is 5.26. The van der Waals surface area contributed by atoms with Crippen LogP contribution in [0.15, 0.2) is 71.5 Å². The van der Waals surface area contributed by atoms with Gasteiger partial charge in [-0.2, -0.15) is 5.10 Å². The third kappa shape index (κ3) is 5.54. The Hall–Kier alpha value is -3.09. The van der Waals surface area contributed by atoms with E-state index in [4.69, 9.17) is 27.6 Å². The SMILES string of the molecule is O=C(CCc1ncc(-c2ccc(Cl)cc2Cl)o1)NCCc1cnn(-c2ccccc2)c1. The van der Waals surface area contributed by atoms with Gasteiger partial charge in [-0.25, -0.2) is 9.67 Å². The van der Waals surface area contributed by atoms with Gasteiger partial charge >= 0.3 is 0 Å². The molecule has 0 saturated carbocycles. The van der Waals surface area contributed by atoms with Crippen molar-refractivity contribution in [2.45, 2.75) is 19.3 Å². The van der Waals surface area contributed by atoms with E-state index >= 15 is 0 Å². The van der Waals surface area contributed by atoms with E-state index < -0.39 is 0 Å². The summed E-state index contributed by atoms with van der Waals surface area (Å²) in [5, 5.41) is 8.33. The van der Waals surface area contributed by atoms with E-state index in [9.17, 15) is 4.79 Å². The number of benzene rings is 2. The predicted octanol–water partition coefficient (Wildman–Crippen LogP) is 5.13. The van der Waals surface area contributed by atoms with Gasteiger partial charge < -0.3 is 9.73 Å². The minimum absolute atomic E-state index is 0.0558. The fourth-order valence-electron chi connectivity index (χ4n) is 3.11. The quantitative estimate of drug-likeness (QED) is 0.400. The van der Waals surface area contributed by atoms with E-state index in [-0.39, 0.29) is 12.3 Å². The average molecular weight is 455 g/mol. The van der Waals surface area contributed by atoms with E-state index in [1.54, 1.807) is 24.4 Å². The summed E-state index contributed by atoms with van der Waals surface area (Å²) >= 11 is 12.1. The number of hydrogen-bond acceptors (Lipinski definition) is 4. The normalized spacial score (nSPS) is 10.9. The standard InChI is InChI=1S/C23H20Cl2N4O2/c24-17-6-7-19(20(25)12-17)21-14-27-23(31-21)9-8-22(30)26-11-10-16-13-28-29(15-16)18-4-2-1-3-5-18/h1-7,12-15H,8-11H2,(H,26,30). The molecule has 0 aliphatic carbocycles. The van der Waals surface area contributed by atoms with E-state index in [1.165, 1.54) is 0 Å². The first-order chi connectivity index (χ1) is 15.1. The van der Waals surface area contributed by atoms with Gasteiger partial charge in [-0.3, -0.25) is 4.79 Å². The molecule has 8 heteroatoms. The molecular formula is C23H20Cl2N4O2. The molecule has 2 heterocycles. The molecule has 4 rings (SSSR count). The van der Waals surface area contributed by atoms with E-state index in [1.807, 2.05) is 47.4 Å². The second kappa shape index (κ2) is 9.81. The van der Waals surface area contributed by atoms with Gasteiger partial charge in [0, 0.05) is 36.2 Å². The van der Waals surface area contributed by atoms with Crippen LogP contribution in [0.5, 0.6) is 0 Å². The Bertz CT molecular complexity index is 1170. The number of nitrogens with one attached hydrogen (secondary N) is 1. The van der Waals surface area contributed by atoms with Crippen molar-refractivity contribution < 1.29 is 9.21 Å². The summed E-state index contributed by atoms with van der Waals surface area (Å²) in [6.07, 6.45) is 6.79. The average Bonchev–Trinajstić information content (AvgIpc) is 3.43. The van der Waals surface area contributed by atoms with E-state index in [0.29, 0.717) is 46.6 Å². The van der Waals surface area contributed by atoms with Crippen molar-refractivity contribution in [3.8, 4) is 17.0 Å². The Morgan fingerprint density at radius 3 is 2.71 bits per heavy atom. The first-order valence-corrected chi connectivity index (χ1v) is 10.6. The zero-order valence-corrected chi connectivity index (χ0v) is 18.1. The van der Waals surface area contributed by atoms with Crippen LogP contribution < -0.4 is 5.32 Å². The van der Waals surface area contributed by atoms with Gasteiger partial charge in [0.15, 0.2) is 11.7 Å². The summed E-state index contributed by atoms with van der Waals surface area (Å²) in [5.74, 6) is 0.979. The topological polar surface area (TPSA) is 73.0 Å². The number of nitrogens with zero attached hydrogens (tertiary/aromatic N) is 3. The first-order valence-electron chi connectivity index (χ1n) is 9.84. The fourth-order valence-corrected chi connectivity index (χ4v) is 3.61. The molecule has 1 amide bonds. The van der Waals surface area contributed by atoms with Gasteiger partial charge in [0.25, 0.3) is 0 Å². The van der Waals surface area contributed by atoms with Crippen LogP contribution in [0.4, 0.5) is 0 Å². The lowest BCUT2D eigenvalue weighted by molar-refractivity contribution is -0.121. The molecule has 0 bridgehead atoms. The molecular weight excluding hydrogens is 435 g/mol. The maximum absolute atomic E-state index is 12.2. The molecule has 0 spiro atoms. The Labute approximate surface area is 189 Å². The van der Waals surface area contributed by atoms with Crippen LogP contribution in [-0.4, -0.2) is 27.2 Å². The van der Waals surface area contributed by atoms with Crippen LogP contribution in [0.3, 0.4) is 0 Å². The van der Waals surface area contributed by atoms with Crippen molar-refractivity contribution in [3.63, 3.8) is 0 Å². The van der Waals surface area contributed by atoms with Crippen LogP contribution in [0.25, 0.3) is 17.0 Å². The summed E-state index contributed by atoms with van der Waals surface area (Å²) in [6.45, 7) is 0.538. The molecule has 6 nitrogen and oxygen atoms in total. The fraction of sp³-hybridized carbons (Fsp3) is 0.174. The lowest BCUT2D eigenvalue weighted by Crippen LogP contribution is -2.25. The summed E-state index contributed by atoms with van der Waals surface area (Å²) in [7, 11) is 0. The van der Waals surface area contributed by atoms with Crippen molar-refractivity contribution >= 4 is 29.1 Å². The van der Waals surface area contributed by atoms with Crippen LogP contribution in [0.1, 0.15) is 17.9 Å². The molecule has 0 saturated heterocycles. The molecule has 31 heavy (non-hydrogen) atoms. The molecule has 0 aliphatic rings. The van der Waals surface area contributed by atoms with Crippen LogP contribution in [0.2, 0.25) is 10.0 Å². The molecule has 4 aromatic rings. The molecule has 0 radical (unpaired) electrons. The highest BCUT2D eigenvalue weighted by atomic mass is 35.5. The molecule has 0 aliphatic heterocycles.